The van der Waals surface area contributed by atoms with Crippen LogP contribution >= 0.6 is 15.9 Å². The van der Waals surface area contributed by atoms with Crippen molar-refractivity contribution in [2.45, 2.75) is 33.0 Å². The Kier molecular flexibility index (Phi) is 4.13. The van der Waals surface area contributed by atoms with E-state index in [-0.39, 0.29) is 0 Å². The molecule has 0 unspecified atom stereocenters. The quantitative estimate of drug-likeness (QED) is 0.553. The average Bonchev–Trinajstić information content (AvgIpc) is 3.06. The lowest BCUT2D eigenvalue weighted by molar-refractivity contribution is 0.132. The van der Waals surface area contributed by atoms with Crippen LogP contribution < -0.4 is 0 Å². The highest BCUT2D eigenvalue weighted by Crippen LogP contribution is 2.29. The van der Waals surface area contributed by atoms with E-state index in [9.17, 15) is 5.11 Å². The molecule has 1 N–H and O–H groups in total. The van der Waals surface area contributed by atoms with Gasteiger partial charge in [0.05, 0.1) is 29.4 Å². The summed E-state index contributed by atoms with van der Waals surface area (Å²) in [7, 11) is 0. The van der Waals surface area contributed by atoms with Crippen LogP contribution in [-0.2, 0) is 13.1 Å². The number of fused-ring (bicyclic) bond motifs is 3. The van der Waals surface area contributed by atoms with Gasteiger partial charge in [-0.05, 0) is 41.9 Å². The summed E-state index contributed by atoms with van der Waals surface area (Å²) in [5.74, 6) is 0. The summed E-state index contributed by atoms with van der Waals surface area (Å²) < 4.78 is 5.09. The molecule has 128 valence electrons. The molecule has 0 aliphatic carbocycles. The molecule has 0 spiro atoms. The topological polar surface area (TPSA) is 43.0 Å². The first-order chi connectivity index (χ1) is 12.1. The molecule has 25 heavy (non-hydrogen) atoms. The first-order valence-corrected chi connectivity index (χ1v) is 9.19. The van der Waals surface area contributed by atoms with Gasteiger partial charge in [0.2, 0.25) is 0 Å². The van der Waals surface area contributed by atoms with Crippen molar-refractivity contribution in [3.05, 3.63) is 64.4 Å². The molecule has 0 saturated carbocycles. The molecule has 0 radical (unpaired) electrons. The van der Waals surface area contributed by atoms with E-state index in [1.807, 2.05) is 30.7 Å². The highest BCUT2D eigenvalue weighted by Gasteiger charge is 2.16. The van der Waals surface area contributed by atoms with Gasteiger partial charge in [0, 0.05) is 27.5 Å². The predicted octanol–water partition coefficient (Wildman–Crippen LogP) is 4.43. The maximum atomic E-state index is 10.7. The van der Waals surface area contributed by atoms with Crippen LogP contribution in [-0.4, -0.2) is 25.6 Å². The number of aromatic nitrogens is 3. The second-order valence-corrected chi connectivity index (χ2v) is 7.26. The predicted molar refractivity (Wildman–Crippen MR) is 105 cm³/mol. The molecule has 0 aliphatic rings. The third-order valence-corrected chi connectivity index (χ3v) is 5.90. The summed E-state index contributed by atoms with van der Waals surface area (Å²) in [6.07, 6.45) is -0.524. The lowest BCUT2D eigenvalue weighted by Crippen LogP contribution is -2.23. The molecular weight excluding hydrogens is 378 g/mol. The number of benzene rings is 2. The molecule has 2 heterocycles. The fraction of sp³-hybridized carbons (Fsp3) is 0.250. The highest BCUT2D eigenvalue weighted by molar-refractivity contribution is 9.10. The summed E-state index contributed by atoms with van der Waals surface area (Å²) in [6, 6.07) is 16.7. The van der Waals surface area contributed by atoms with Gasteiger partial charge in [-0.15, -0.1) is 0 Å². The molecule has 0 saturated heterocycles. The minimum Gasteiger partial charge on any atom is -0.389 e. The Morgan fingerprint density at radius 3 is 2.04 bits per heavy atom. The molecule has 5 heteroatoms. The van der Waals surface area contributed by atoms with Gasteiger partial charge in [-0.25, -0.2) is 0 Å². The molecule has 0 amide bonds. The van der Waals surface area contributed by atoms with E-state index in [1.54, 1.807) is 0 Å². The number of nitrogens with zero attached hydrogens (tertiary/aromatic N) is 3. The second kappa shape index (κ2) is 6.32. The molecule has 2 aromatic heterocycles. The van der Waals surface area contributed by atoms with E-state index in [4.69, 9.17) is 0 Å². The van der Waals surface area contributed by atoms with Crippen molar-refractivity contribution in [1.82, 2.24) is 14.3 Å². The minimum absolute atomic E-state index is 0.471. The standard InChI is InChI=1S/C20H20BrN3O/c1-13-20(21)14(2)24(22-13)12-15(25)11-23-18-9-5-3-7-16(18)17-8-4-6-10-19(17)23/h3-10,15,25H,11-12H2,1-2H3/t15-/m0/s1. The number of para-hydroxylation sites is 2. The zero-order valence-corrected chi connectivity index (χ0v) is 15.9. The molecule has 2 aromatic carbocycles. The van der Waals surface area contributed by atoms with Crippen LogP contribution in [0.3, 0.4) is 0 Å². The molecule has 4 aromatic rings. The van der Waals surface area contributed by atoms with Crippen LogP contribution in [0.1, 0.15) is 11.4 Å². The third-order valence-electron chi connectivity index (χ3n) is 4.75. The Morgan fingerprint density at radius 1 is 0.960 bits per heavy atom. The van der Waals surface area contributed by atoms with Crippen LogP contribution in [0, 0.1) is 13.8 Å². The number of hydrogen-bond acceptors (Lipinski definition) is 2. The maximum absolute atomic E-state index is 10.7. The van der Waals surface area contributed by atoms with E-state index in [0.717, 1.165) is 26.9 Å². The van der Waals surface area contributed by atoms with Gasteiger partial charge >= 0.3 is 0 Å². The zero-order chi connectivity index (χ0) is 17.6. The molecule has 4 rings (SSSR count). The summed E-state index contributed by atoms with van der Waals surface area (Å²) in [5, 5.41) is 17.7. The minimum atomic E-state index is -0.524. The lowest BCUT2D eigenvalue weighted by atomic mass is 10.2. The largest absolute Gasteiger partial charge is 0.389 e. The van der Waals surface area contributed by atoms with Crippen LogP contribution in [0.15, 0.2) is 53.0 Å². The molecule has 0 aliphatic heterocycles. The molecule has 1 atom stereocenters. The van der Waals surface area contributed by atoms with Gasteiger partial charge in [0.25, 0.3) is 0 Å². The van der Waals surface area contributed by atoms with E-state index in [0.29, 0.717) is 13.1 Å². The van der Waals surface area contributed by atoms with E-state index < -0.39 is 6.10 Å². The van der Waals surface area contributed by atoms with E-state index in [2.05, 4.69) is 62.0 Å². The van der Waals surface area contributed by atoms with Crippen molar-refractivity contribution in [2.75, 3.05) is 0 Å². The van der Waals surface area contributed by atoms with Gasteiger partial charge in [0.1, 0.15) is 0 Å². The normalized spacial score (nSPS) is 13.0. The van der Waals surface area contributed by atoms with Crippen molar-refractivity contribution in [3.63, 3.8) is 0 Å². The van der Waals surface area contributed by atoms with Crippen LogP contribution in [0.5, 0.6) is 0 Å². The summed E-state index contributed by atoms with van der Waals surface area (Å²) >= 11 is 3.55. The van der Waals surface area contributed by atoms with Crippen LogP contribution in [0.2, 0.25) is 0 Å². The molecule has 0 fully saturated rings. The smallest absolute Gasteiger partial charge is 0.0914 e. The van der Waals surface area contributed by atoms with Crippen molar-refractivity contribution < 1.29 is 5.11 Å². The maximum Gasteiger partial charge on any atom is 0.0914 e. The number of rotatable bonds is 4. The van der Waals surface area contributed by atoms with Gasteiger partial charge in [0.15, 0.2) is 0 Å². The summed E-state index contributed by atoms with van der Waals surface area (Å²) in [4.78, 5) is 0. The third kappa shape index (κ3) is 2.77. The number of aryl methyl sites for hydroxylation is 1. The second-order valence-electron chi connectivity index (χ2n) is 6.47. The van der Waals surface area contributed by atoms with Crippen LogP contribution in [0.25, 0.3) is 21.8 Å². The van der Waals surface area contributed by atoms with Crippen molar-refractivity contribution in [3.8, 4) is 0 Å². The van der Waals surface area contributed by atoms with Gasteiger partial charge in [-0.2, -0.15) is 5.10 Å². The Morgan fingerprint density at radius 2 is 1.52 bits per heavy atom. The average molecular weight is 398 g/mol. The Labute approximate surface area is 154 Å². The van der Waals surface area contributed by atoms with E-state index >= 15 is 0 Å². The van der Waals surface area contributed by atoms with Crippen molar-refractivity contribution in [2.24, 2.45) is 0 Å². The highest BCUT2D eigenvalue weighted by atomic mass is 79.9. The number of aliphatic hydroxyl groups is 1. The fourth-order valence-electron chi connectivity index (χ4n) is 3.52. The van der Waals surface area contributed by atoms with Crippen molar-refractivity contribution in [1.29, 1.82) is 0 Å². The molecule has 4 nitrogen and oxygen atoms in total. The molecular formula is C20H20BrN3O. The summed E-state index contributed by atoms with van der Waals surface area (Å²) in [6.45, 7) is 4.98. The van der Waals surface area contributed by atoms with E-state index in [1.165, 1.54) is 10.8 Å². The first kappa shape index (κ1) is 16.4. The Hall–Kier alpha value is -2.11. The van der Waals surface area contributed by atoms with Gasteiger partial charge in [-0.3, -0.25) is 4.68 Å². The van der Waals surface area contributed by atoms with Gasteiger partial charge in [-0.1, -0.05) is 36.4 Å². The lowest BCUT2D eigenvalue weighted by Gasteiger charge is -2.15. The summed E-state index contributed by atoms with van der Waals surface area (Å²) in [5.41, 5.74) is 4.29. The number of hydrogen-bond donors (Lipinski definition) is 1. The van der Waals surface area contributed by atoms with Crippen LogP contribution in [0.4, 0.5) is 0 Å². The monoisotopic (exact) mass is 397 g/mol. The zero-order valence-electron chi connectivity index (χ0n) is 14.3. The molecule has 0 bridgehead atoms. The first-order valence-electron chi connectivity index (χ1n) is 8.40. The fourth-order valence-corrected chi connectivity index (χ4v) is 3.80. The number of aliphatic hydroxyl groups excluding tert-OH is 1. The van der Waals surface area contributed by atoms with Crippen molar-refractivity contribution >= 4 is 37.7 Å². The Balaban J connectivity index is 1.71. The SMILES string of the molecule is Cc1nn(C[C@@H](O)Cn2c3ccccc3c3ccccc32)c(C)c1Br. The van der Waals surface area contributed by atoms with Gasteiger partial charge < -0.3 is 9.67 Å². The Bertz CT molecular complexity index is 1010. The number of halogens is 1.